The Bertz CT molecular complexity index is 620. The fraction of sp³-hybridized carbons (Fsp3) is 0.533. The van der Waals surface area contributed by atoms with Crippen LogP contribution in [-0.4, -0.2) is 20.0 Å². The number of benzene rings is 1. The second-order valence-corrected chi connectivity index (χ2v) is 7.60. The standard InChI is InChI=1S/C15H23N3O2S/c1-11-7-8-13(15(16)17)9-14(11)18-21(19,20)10-12-5-3-2-4-6-12/h7-9,12,18H,2-6,10H2,1H3,(H3,16,17). The van der Waals surface area contributed by atoms with Gasteiger partial charge in [-0.05, 0) is 37.3 Å². The topological polar surface area (TPSA) is 96.0 Å². The van der Waals surface area contributed by atoms with Crippen LogP contribution in [0.25, 0.3) is 0 Å². The molecule has 0 aliphatic heterocycles. The zero-order chi connectivity index (χ0) is 15.5. The highest BCUT2D eigenvalue weighted by atomic mass is 32.2. The van der Waals surface area contributed by atoms with Gasteiger partial charge in [0, 0.05) is 5.56 Å². The maximum atomic E-state index is 12.3. The van der Waals surface area contributed by atoms with Crippen molar-refractivity contribution in [2.24, 2.45) is 11.7 Å². The third-order valence-electron chi connectivity index (χ3n) is 3.99. The van der Waals surface area contributed by atoms with E-state index in [9.17, 15) is 8.42 Å². The fourth-order valence-electron chi connectivity index (χ4n) is 2.77. The van der Waals surface area contributed by atoms with Crippen molar-refractivity contribution < 1.29 is 8.42 Å². The number of anilines is 1. The lowest BCUT2D eigenvalue weighted by molar-refractivity contribution is 0.385. The van der Waals surface area contributed by atoms with Crippen molar-refractivity contribution in [3.8, 4) is 0 Å². The number of nitrogen functional groups attached to an aromatic ring is 1. The van der Waals surface area contributed by atoms with Gasteiger partial charge < -0.3 is 5.73 Å². The molecule has 1 aliphatic rings. The average molecular weight is 309 g/mol. The van der Waals surface area contributed by atoms with Gasteiger partial charge in [-0.1, -0.05) is 31.4 Å². The van der Waals surface area contributed by atoms with E-state index in [1.165, 1.54) is 6.42 Å². The third-order valence-corrected chi connectivity index (χ3v) is 5.44. The van der Waals surface area contributed by atoms with Crippen molar-refractivity contribution in [2.75, 3.05) is 10.5 Å². The summed E-state index contributed by atoms with van der Waals surface area (Å²) in [5.74, 6) is 0.367. The maximum Gasteiger partial charge on any atom is 0.233 e. The van der Waals surface area contributed by atoms with Crippen molar-refractivity contribution in [1.82, 2.24) is 0 Å². The zero-order valence-corrected chi connectivity index (χ0v) is 13.2. The van der Waals surface area contributed by atoms with E-state index in [1.54, 1.807) is 18.2 Å². The lowest BCUT2D eigenvalue weighted by Gasteiger charge is -2.22. The quantitative estimate of drug-likeness (QED) is 0.576. The summed E-state index contributed by atoms with van der Waals surface area (Å²) in [6.07, 6.45) is 5.45. The summed E-state index contributed by atoms with van der Waals surface area (Å²) in [5, 5.41) is 7.44. The van der Waals surface area contributed by atoms with Crippen molar-refractivity contribution in [3.05, 3.63) is 29.3 Å². The summed E-state index contributed by atoms with van der Waals surface area (Å²) in [6.45, 7) is 1.84. The van der Waals surface area contributed by atoms with E-state index in [0.717, 1.165) is 31.2 Å². The molecule has 0 bridgehead atoms. The van der Waals surface area contributed by atoms with Gasteiger partial charge in [-0.2, -0.15) is 0 Å². The average Bonchev–Trinajstić information content (AvgIpc) is 2.41. The van der Waals surface area contributed by atoms with Crippen LogP contribution in [0.15, 0.2) is 18.2 Å². The van der Waals surface area contributed by atoms with Crippen LogP contribution >= 0.6 is 0 Å². The van der Waals surface area contributed by atoms with E-state index in [2.05, 4.69) is 4.72 Å². The molecule has 116 valence electrons. The Morgan fingerprint density at radius 3 is 2.62 bits per heavy atom. The van der Waals surface area contributed by atoms with Crippen LogP contribution in [-0.2, 0) is 10.0 Å². The molecule has 21 heavy (non-hydrogen) atoms. The first-order valence-electron chi connectivity index (χ1n) is 7.33. The Morgan fingerprint density at radius 1 is 1.33 bits per heavy atom. The molecule has 0 atom stereocenters. The minimum atomic E-state index is -3.36. The molecular formula is C15H23N3O2S. The van der Waals surface area contributed by atoms with Crippen LogP contribution in [0.2, 0.25) is 0 Å². The minimum absolute atomic E-state index is 0.0669. The molecule has 1 aromatic rings. The Labute approximate surface area is 126 Å². The van der Waals surface area contributed by atoms with Gasteiger partial charge in [-0.15, -0.1) is 0 Å². The van der Waals surface area contributed by atoms with E-state index in [-0.39, 0.29) is 17.5 Å². The number of hydrogen-bond donors (Lipinski definition) is 3. The molecule has 0 heterocycles. The Balaban J connectivity index is 2.12. The monoisotopic (exact) mass is 309 g/mol. The molecule has 0 spiro atoms. The molecule has 1 aromatic carbocycles. The Kier molecular flexibility index (Phi) is 4.88. The molecule has 0 aromatic heterocycles. The molecule has 0 unspecified atom stereocenters. The van der Waals surface area contributed by atoms with E-state index >= 15 is 0 Å². The molecule has 6 heteroatoms. The van der Waals surface area contributed by atoms with Crippen molar-refractivity contribution in [3.63, 3.8) is 0 Å². The number of rotatable bonds is 5. The predicted octanol–water partition coefficient (Wildman–Crippen LogP) is 2.60. The number of amidine groups is 1. The first-order valence-corrected chi connectivity index (χ1v) is 8.98. The Hall–Kier alpha value is -1.56. The second kappa shape index (κ2) is 6.47. The summed E-state index contributed by atoms with van der Waals surface area (Å²) in [7, 11) is -3.36. The predicted molar refractivity (Wildman–Crippen MR) is 86.2 cm³/mol. The maximum absolute atomic E-state index is 12.3. The van der Waals surface area contributed by atoms with Gasteiger partial charge >= 0.3 is 0 Å². The third kappa shape index (κ3) is 4.46. The highest BCUT2D eigenvalue weighted by Gasteiger charge is 2.21. The van der Waals surface area contributed by atoms with Crippen LogP contribution in [0, 0.1) is 18.3 Å². The molecule has 1 saturated carbocycles. The zero-order valence-electron chi connectivity index (χ0n) is 12.4. The summed E-state index contributed by atoms with van der Waals surface area (Å²) in [4.78, 5) is 0. The number of hydrogen-bond acceptors (Lipinski definition) is 3. The largest absolute Gasteiger partial charge is 0.384 e. The molecule has 5 nitrogen and oxygen atoms in total. The Morgan fingerprint density at radius 2 is 2.00 bits per heavy atom. The lowest BCUT2D eigenvalue weighted by Crippen LogP contribution is -2.24. The first-order chi connectivity index (χ1) is 9.87. The summed E-state index contributed by atoms with van der Waals surface area (Å²) in [6, 6.07) is 5.11. The van der Waals surface area contributed by atoms with Crippen molar-refractivity contribution in [2.45, 2.75) is 39.0 Å². The summed E-state index contributed by atoms with van der Waals surface area (Å²) in [5.41, 5.74) is 7.31. The molecule has 0 amide bonds. The minimum Gasteiger partial charge on any atom is -0.384 e. The second-order valence-electron chi connectivity index (χ2n) is 5.83. The van der Waals surface area contributed by atoms with Crippen molar-refractivity contribution >= 4 is 21.5 Å². The summed E-state index contributed by atoms with van der Waals surface area (Å²) >= 11 is 0. The van der Waals surface area contributed by atoms with Crippen LogP contribution in [0.4, 0.5) is 5.69 Å². The number of sulfonamides is 1. The smallest absolute Gasteiger partial charge is 0.233 e. The van der Waals surface area contributed by atoms with Gasteiger partial charge in [0.25, 0.3) is 0 Å². The van der Waals surface area contributed by atoms with Gasteiger partial charge in [0.2, 0.25) is 10.0 Å². The molecular weight excluding hydrogens is 286 g/mol. The van der Waals surface area contributed by atoms with E-state index in [0.29, 0.717) is 11.3 Å². The fourth-order valence-corrected chi connectivity index (χ4v) is 4.37. The van der Waals surface area contributed by atoms with Gasteiger partial charge in [-0.3, -0.25) is 10.1 Å². The van der Waals surface area contributed by atoms with Crippen LogP contribution < -0.4 is 10.5 Å². The summed E-state index contributed by atoms with van der Waals surface area (Å²) < 4.78 is 27.3. The van der Waals surface area contributed by atoms with Crippen LogP contribution in [0.3, 0.4) is 0 Å². The highest BCUT2D eigenvalue weighted by molar-refractivity contribution is 7.92. The van der Waals surface area contributed by atoms with E-state index in [1.807, 2.05) is 6.92 Å². The lowest BCUT2D eigenvalue weighted by atomic mass is 9.91. The van der Waals surface area contributed by atoms with E-state index in [4.69, 9.17) is 11.1 Å². The number of nitrogens with two attached hydrogens (primary N) is 1. The molecule has 4 N–H and O–H groups in total. The first kappa shape index (κ1) is 15.8. The van der Waals surface area contributed by atoms with Gasteiger partial charge in [0.05, 0.1) is 11.4 Å². The molecule has 0 radical (unpaired) electrons. The van der Waals surface area contributed by atoms with Gasteiger partial charge in [-0.25, -0.2) is 8.42 Å². The number of nitrogens with one attached hydrogen (secondary N) is 2. The SMILES string of the molecule is Cc1ccc(C(=N)N)cc1NS(=O)(=O)CC1CCCCC1. The molecule has 1 aliphatic carbocycles. The van der Waals surface area contributed by atoms with E-state index < -0.39 is 10.0 Å². The highest BCUT2D eigenvalue weighted by Crippen LogP contribution is 2.26. The van der Waals surface area contributed by atoms with Crippen LogP contribution in [0.1, 0.15) is 43.2 Å². The molecule has 2 rings (SSSR count). The normalized spacial score (nSPS) is 16.6. The molecule has 1 fully saturated rings. The van der Waals surface area contributed by atoms with Gasteiger partial charge in [0.15, 0.2) is 0 Å². The van der Waals surface area contributed by atoms with Gasteiger partial charge in [0.1, 0.15) is 5.84 Å². The molecule has 0 saturated heterocycles. The van der Waals surface area contributed by atoms with Crippen LogP contribution in [0.5, 0.6) is 0 Å². The number of aryl methyl sites for hydroxylation is 1. The van der Waals surface area contributed by atoms with Crippen molar-refractivity contribution in [1.29, 1.82) is 5.41 Å².